The van der Waals surface area contributed by atoms with Crippen molar-refractivity contribution in [1.29, 1.82) is 0 Å². The van der Waals surface area contributed by atoms with E-state index in [1.807, 2.05) is 6.07 Å². The highest BCUT2D eigenvalue weighted by Gasteiger charge is 2.19. The second-order valence-corrected chi connectivity index (χ2v) is 7.23. The van der Waals surface area contributed by atoms with E-state index in [9.17, 15) is 0 Å². The Hall–Kier alpha value is -1.71. The maximum Gasteiger partial charge on any atom is 0.122 e. The molecule has 2 aromatic rings. The Morgan fingerprint density at radius 3 is 2.26 bits per heavy atom. The number of rotatable bonds is 8. The minimum atomic E-state index is 0. The summed E-state index contributed by atoms with van der Waals surface area (Å²) in [6.07, 6.45) is 6.15. The molecule has 1 heterocycles. The van der Waals surface area contributed by atoms with Gasteiger partial charge >= 0.3 is 0 Å². The van der Waals surface area contributed by atoms with Crippen molar-refractivity contribution in [2.24, 2.45) is 5.92 Å². The number of methoxy groups -OCH3 is 2. The Bertz CT molecular complexity index is 666. The van der Waals surface area contributed by atoms with E-state index in [0.29, 0.717) is 0 Å². The van der Waals surface area contributed by atoms with Crippen LogP contribution in [0.2, 0.25) is 0 Å². The summed E-state index contributed by atoms with van der Waals surface area (Å²) in [7, 11) is 3.48. The van der Waals surface area contributed by atoms with Crippen molar-refractivity contribution in [1.82, 2.24) is 4.90 Å². The molecule has 0 aromatic heterocycles. The monoisotopic (exact) mass is 389 g/mol. The first-order chi connectivity index (χ1) is 12.8. The standard InChI is InChI=1S/C23H31NO2.ClH/c1-25-22-11-8-19(9-12-22)13-16-24-17-14-20(15-18-24)7-10-21-5-3-4-6-23(21)26-2;/h3-6,8-9,11-12,20H,7,10,13-18H2,1-2H3;1H. The number of aryl methyl sites for hydroxylation is 1. The summed E-state index contributed by atoms with van der Waals surface area (Å²) >= 11 is 0. The van der Waals surface area contributed by atoms with Gasteiger partial charge in [0.1, 0.15) is 11.5 Å². The minimum absolute atomic E-state index is 0. The highest BCUT2D eigenvalue weighted by molar-refractivity contribution is 5.85. The van der Waals surface area contributed by atoms with Gasteiger partial charge in [0.2, 0.25) is 0 Å². The summed E-state index contributed by atoms with van der Waals surface area (Å²) in [6, 6.07) is 16.9. The van der Waals surface area contributed by atoms with E-state index >= 15 is 0 Å². The van der Waals surface area contributed by atoms with Crippen molar-refractivity contribution in [2.75, 3.05) is 33.9 Å². The summed E-state index contributed by atoms with van der Waals surface area (Å²) in [4.78, 5) is 2.61. The molecule has 1 saturated heterocycles. The quantitative estimate of drug-likeness (QED) is 0.633. The Kier molecular flexibility index (Phi) is 8.96. The predicted molar refractivity (Wildman–Crippen MR) is 114 cm³/mol. The van der Waals surface area contributed by atoms with E-state index in [2.05, 4.69) is 47.4 Å². The fourth-order valence-corrected chi connectivity index (χ4v) is 3.85. The van der Waals surface area contributed by atoms with Crippen molar-refractivity contribution >= 4 is 12.4 Å². The first-order valence-electron chi connectivity index (χ1n) is 9.75. The van der Waals surface area contributed by atoms with Crippen LogP contribution in [0, 0.1) is 5.92 Å². The van der Waals surface area contributed by atoms with Crippen molar-refractivity contribution in [3.05, 3.63) is 59.7 Å². The van der Waals surface area contributed by atoms with Crippen molar-refractivity contribution < 1.29 is 9.47 Å². The molecule has 1 aliphatic heterocycles. The van der Waals surface area contributed by atoms with E-state index in [4.69, 9.17) is 9.47 Å². The molecule has 27 heavy (non-hydrogen) atoms. The third kappa shape index (κ3) is 6.44. The lowest BCUT2D eigenvalue weighted by molar-refractivity contribution is 0.181. The molecule has 0 atom stereocenters. The lowest BCUT2D eigenvalue weighted by atomic mass is 9.90. The number of hydrogen-bond acceptors (Lipinski definition) is 3. The normalized spacial score (nSPS) is 15.2. The Balaban J connectivity index is 0.00000261. The average Bonchev–Trinajstić information content (AvgIpc) is 2.72. The Labute approximate surface area is 170 Å². The van der Waals surface area contributed by atoms with E-state index < -0.39 is 0 Å². The fourth-order valence-electron chi connectivity index (χ4n) is 3.85. The molecule has 1 aliphatic rings. The van der Waals surface area contributed by atoms with Gasteiger partial charge in [-0.05, 0) is 80.4 Å². The number of ether oxygens (including phenoxy) is 2. The van der Waals surface area contributed by atoms with Crippen LogP contribution in [0.1, 0.15) is 30.4 Å². The molecule has 0 bridgehead atoms. The summed E-state index contributed by atoms with van der Waals surface area (Å²) in [5.74, 6) is 2.81. The number of halogens is 1. The topological polar surface area (TPSA) is 21.7 Å². The van der Waals surface area contributed by atoms with Gasteiger partial charge in [0, 0.05) is 6.54 Å². The van der Waals surface area contributed by atoms with Gasteiger partial charge in [-0.25, -0.2) is 0 Å². The third-order valence-electron chi connectivity index (χ3n) is 5.60. The van der Waals surface area contributed by atoms with Crippen LogP contribution in [0.3, 0.4) is 0 Å². The third-order valence-corrected chi connectivity index (χ3v) is 5.60. The maximum atomic E-state index is 5.47. The average molecular weight is 390 g/mol. The molecule has 148 valence electrons. The van der Waals surface area contributed by atoms with E-state index in [0.717, 1.165) is 36.8 Å². The molecule has 2 aromatic carbocycles. The van der Waals surface area contributed by atoms with Crippen LogP contribution in [-0.4, -0.2) is 38.8 Å². The number of likely N-dealkylation sites (tertiary alicyclic amines) is 1. The van der Waals surface area contributed by atoms with Crippen molar-refractivity contribution in [3.63, 3.8) is 0 Å². The van der Waals surface area contributed by atoms with E-state index in [1.165, 1.54) is 43.5 Å². The molecule has 3 nitrogen and oxygen atoms in total. The van der Waals surface area contributed by atoms with Crippen LogP contribution in [-0.2, 0) is 12.8 Å². The first-order valence-corrected chi connectivity index (χ1v) is 9.75. The number of piperidine rings is 1. The van der Waals surface area contributed by atoms with Gasteiger partial charge in [-0.2, -0.15) is 0 Å². The van der Waals surface area contributed by atoms with Crippen LogP contribution in [0.4, 0.5) is 0 Å². The van der Waals surface area contributed by atoms with Crippen LogP contribution >= 0.6 is 12.4 Å². The largest absolute Gasteiger partial charge is 0.497 e. The van der Waals surface area contributed by atoms with Crippen LogP contribution in [0.25, 0.3) is 0 Å². The molecule has 0 saturated carbocycles. The van der Waals surface area contributed by atoms with Crippen LogP contribution < -0.4 is 9.47 Å². The molecule has 1 fully saturated rings. The zero-order chi connectivity index (χ0) is 18.2. The molecule has 0 radical (unpaired) electrons. The Morgan fingerprint density at radius 1 is 0.889 bits per heavy atom. The van der Waals surface area contributed by atoms with Gasteiger partial charge in [-0.1, -0.05) is 30.3 Å². The molecule has 3 rings (SSSR count). The van der Waals surface area contributed by atoms with Gasteiger partial charge in [0.05, 0.1) is 14.2 Å². The van der Waals surface area contributed by atoms with Gasteiger partial charge in [-0.3, -0.25) is 0 Å². The second-order valence-electron chi connectivity index (χ2n) is 7.23. The second kappa shape index (κ2) is 11.2. The first kappa shape index (κ1) is 21.6. The molecule has 0 amide bonds. The highest BCUT2D eigenvalue weighted by Crippen LogP contribution is 2.26. The van der Waals surface area contributed by atoms with E-state index in [1.54, 1.807) is 14.2 Å². The fraction of sp³-hybridized carbons (Fsp3) is 0.478. The van der Waals surface area contributed by atoms with Crippen molar-refractivity contribution in [3.8, 4) is 11.5 Å². The van der Waals surface area contributed by atoms with Gasteiger partial charge in [-0.15, -0.1) is 12.4 Å². The van der Waals surface area contributed by atoms with Gasteiger partial charge in [0.15, 0.2) is 0 Å². The lowest BCUT2D eigenvalue weighted by Gasteiger charge is -2.32. The summed E-state index contributed by atoms with van der Waals surface area (Å²) in [5, 5.41) is 0. The summed E-state index contributed by atoms with van der Waals surface area (Å²) in [6.45, 7) is 3.62. The zero-order valence-corrected chi connectivity index (χ0v) is 17.3. The highest BCUT2D eigenvalue weighted by atomic mass is 35.5. The minimum Gasteiger partial charge on any atom is -0.497 e. The smallest absolute Gasteiger partial charge is 0.122 e. The number of hydrogen-bond donors (Lipinski definition) is 0. The molecule has 0 N–H and O–H groups in total. The molecule has 0 spiro atoms. The molecule has 4 heteroatoms. The van der Waals surface area contributed by atoms with Crippen molar-refractivity contribution in [2.45, 2.75) is 32.1 Å². The SMILES string of the molecule is COc1ccc(CCN2CCC(CCc3ccccc3OC)CC2)cc1.Cl. The molecular formula is C23H32ClNO2. The molecular weight excluding hydrogens is 358 g/mol. The zero-order valence-electron chi connectivity index (χ0n) is 16.5. The molecule has 0 unspecified atom stereocenters. The Morgan fingerprint density at radius 2 is 1.59 bits per heavy atom. The van der Waals surface area contributed by atoms with Crippen LogP contribution in [0.15, 0.2) is 48.5 Å². The molecule has 0 aliphatic carbocycles. The maximum absolute atomic E-state index is 5.47. The number of para-hydroxylation sites is 1. The van der Waals surface area contributed by atoms with Gasteiger partial charge in [0.25, 0.3) is 0 Å². The number of nitrogens with zero attached hydrogens (tertiary/aromatic N) is 1. The van der Waals surface area contributed by atoms with Gasteiger partial charge < -0.3 is 14.4 Å². The predicted octanol–water partition coefficient (Wildman–Crippen LogP) is 5.01. The summed E-state index contributed by atoms with van der Waals surface area (Å²) in [5.41, 5.74) is 2.74. The summed E-state index contributed by atoms with van der Waals surface area (Å²) < 4.78 is 10.7. The van der Waals surface area contributed by atoms with E-state index in [-0.39, 0.29) is 12.4 Å². The van der Waals surface area contributed by atoms with Crippen LogP contribution in [0.5, 0.6) is 11.5 Å². The lowest BCUT2D eigenvalue weighted by Crippen LogP contribution is -2.35. The number of benzene rings is 2.